The molecule has 2 rings (SSSR count). The number of aromatic nitrogens is 1. The molecule has 0 aliphatic carbocycles. The van der Waals surface area contributed by atoms with Crippen molar-refractivity contribution in [1.82, 2.24) is 4.98 Å². The predicted octanol–water partition coefficient (Wildman–Crippen LogP) is 2.83. The third-order valence-corrected chi connectivity index (χ3v) is 2.68. The molecule has 84 valence electrons. The zero-order valence-corrected chi connectivity index (χ0v) is 9.35. The molecule has 0 fully saturated rings. The molecule has 0 aliphatic heterocycles. The summed E-state index contributed by atoms with van der Waals surface area (Å²) in [6, 6.07) is 3.01. The fourth-order valence-electron chi connectivity index (χ4n) is 1.83. The van der Waals surface area contributed by atoms with E-state index in [1.54, 1.807) is 13.0 Å². The third kappa shape index (κ3) is 1.46. The van der Waals surface area contributed by atoms with Gasteiger partial charge >= 0.3 is 0 Å². The van der Waals surface area contributed by atoms with Gasteiger partial charge in [0.1, 0.15) is 5.75 Å². The second-order valence-corrected chi connectivity index (χ2v) is 3.71. The largest absolute Gasteiger partial charge is 0.497 e. The van der Waals surface area contributed by atoms with Crippen LogP contribution in [-0.2, 0) is 0 Å². The molecular formula is C12H12FNO2. The minimum Gasteiger partial charge on any atom is -0.497 e. The van der Waals surface area contributed by atoms with Crippen LogP contribution < -0.4 is 4.74 Å². The van der Waals surface area contributed by atoms with E-state index in [0.29, 0.717) is 22.3 Å². The molecule has 0 unspecified atom stereocenters. The molecule has 1 aromatic heterocycles. The molecule has 0 bridgehead atoms. The number of aromatic amines is 1. The lowest BCUT2D eigenvalue weighted by atomic mass is 10.1. The molecule has 2 aromatic rings. The first-order valence-corrected chi connectivity index (χ1v) is 4.91. The van der Waals surface area contributed by atoms with E-state index in [0.717, 1.165) is 5.56 Å². The van der Waals surface area contributed by atoms with E-state index in [-0.39, 0.29) is 5.78 Å². The molecule has 1 N–H and O–H groups in total. The number of methoxy groups -OCH3 is 1. The van der Waals surface area contributed by atoms with Crippen LogP contribution in [0.4, 0.5) is 4.39 Å². The summed E-state index contributed by atoms with van der Waals surface area (Å²) in [5.41, 5.74) is 1.55. The quantitative estimate of drug-likeness (QED) is 0.792. The number of rotatable bonds is 2. The van der Waals surface area contributed by atoms with Crippen molar-refractivity contribution in [3.05, 3.63) is 29.2 Å². The maximum absolute atomic E-state index is 13.7. The SMILES string of the molecule is COc1cc(F)c2[nH]c(C(C)=O)c(C)c2c1. The highest BCUT2D eigenvalue weighted by Gasteiger charge is 2.15. The summed E-state index contributed by atoms with van der Waals surface area (Å²) in [5.74, 6) is -0.0702. The minimum absolute atomic E-state index is 0.105. The lowest BCUT2D eigenvalue weighted by Gasteiger charge is -2.00. The van der Waals surface area contributed by atoms with Crippen LogP contribution in [0.25, 0.3) is 10.9 Å². The molecule has 1 aromatic carbocycles. The predicted molar refractivity (Wildman–Crippen MR) is 59.6 cm³/mol. The fraction of sp³-hybridized carbons (Fsp3) is 0.250. The highest BCUT2D eigenvalue weighted by atomic mass is 19.1. The maximum Gasteiger partial charge on any atom is 0.176 e. The number of ether oxygens (including phenoxy) is 1. The summed E-state index contributed by atoms with van der Waals surface area (Å²) in [5, 5.41) is 0.682. The lowest BCUT2D eigenvalue weighted by molar-refractivity contribution is 0.101. The average Bonchev–Trinajstić information content (AvgIpc) is 2.57. The number of benzene rings is 1. The van der Waals surface area contributed by atoms with Crippen LogP contribution in [0.15, 0.2) is 12.1 Å². The van der Waals surface area contributed by atoms with Crippen molar-refractivity contribution in [3.63, 3.8) is 0 Å². The zero-order valence-electron chi connectivity index (χ0n) is 9.35. The first-order valence-electron chi connectivity index (χ1n) is 4.91. The number of hydrogen-bond acceptors (Lipinski definition) is 2. The van der Waals surface area contributed by atoms with E-state index in [9.17, 15) is 9.18 Å². The van der Waals surface area contributed by atoms with Gasteiger partial charge in [-0.1, -0.05) is 0 Å². The molecule has 0 spiro atoms. The topological polar surface area (TPSA) is 42.1 Å². The number of halogens is 1. The standard InChI is InChI=1S/C12H12FNO2/c1-6-9-4-8(16-3)5-10(13)12(9)14-11(6)7(2)15/h4-5,14H,1-3H3. The van der Waals surface area contributed by atoms with Crippen LogP contribution in [0, 0.1) is 12.7 Å². The van der Waals surface area contributed by atoms with E-state index in [1.807, 2.05) is 0 Å². The monoisotopic (exact) mass is 221 g/mol. The van der Waals surface area contributed by atoms with Gasteiger partial charge in [-0.2, -0.15) is 0 Å². The summed E-state index contributed by atoms with van der Waals surface area (Å²) < 4.78 is 18.7. The van der Waals surface area contributed by atoms with Crippen LogP contribution in [0.2, 0.25) is 0 Å². The highest BCUT2D eigenvalue weighted by Crippen LogP contribution is 2.28. The molecule has 0 saturated heterocycles. The van der Waals surface area contributed by atoms with Gasteiger partial charge in [0.15, 0.2) is 11.6 Å². The van der Waals surface area contributed by atoms with Crippen LogP contribution in [0.3, 0.4) is 0 Å². The molecule has 0 aliphatic rings. The van der Waals surface area contributed by atoms with Gasteiger partial charge in [-0.15, -0.1) is 0 Å². The summed E-state index contributed by atoms with van der Waals surface area (Å²) in [6.07, 6.45) is 0. The van der Waals surface area contributed by atoms with Gasteiger partial charge in [-0.25, -0.2) is 4.39 Å². The van der Waals surface area contributed by atoms with Crippen molar-refractivity contribution >= 4 is 16.7 Å². The van der Waals surface area contributed by atoms with E-state index in [4.69, 9.17) is 4.74 Å². The molecule has 16 heavy (non-hydrogen) atoms. The van der Waals surface area contributed by atoms with Crippen LogP contribution >= 0.6 is 0 Å². The minimum atomic E-state index is -0.412. The fourth-order valence-corrected chi connectivity index (χ4v) is 1.83. The number of carbonyl (C=O) groups excluding carboxylic acids is 1. The Morgan fingerprint density at radius 3 is 2.69 bits per heavy atom. The number of H-pyrrole nitrogens is 1. The van der Waals surface area contributed by atoms with Gasteiger partial charge in [0.2, 0.25) is 0 Å². The number of hydrogen-bond donors (Lipinski definition) is 1. The van der Waals surface area contributed by atoms with E-state index < -0.39 is 5.82 Å². The second-order valence-electron chi connectivity index (χ2n) is 3.71. The number of ketones is 1. The van der Waals surface area contributed by atoms with E-state index in [1.165, 1.54) is 20.1 Å². The number of nitrogens with one attached hydrogen (secondary N) is 1. The Kier molecular flexibility index (Phi) is 2.42. The molecule has 0 radical (unpaired) electrons. The van der Waals surface area contributed by atoms with Gasteiger partial charge in [-0.05, 0) is 18.6 Å². The van der Waals surface area contributed by atoms with Crippen molar-refractivity contribution in [2.45, 2.75) is 13.8 Å². The van der Waals surface area contributed by atoms with Gasteiger partial charge < -0.3 is 9.72 Å². The number of carbonyl (C=O) groups is 1. The number of fused-ring (bicyclic) bond motifs is 1. The molecule has 1 heterocycles. The first-order chi connectivity index (χ1) is 7.54. The third-order valence-electron chi connectivity index (χ3n) is 2.68. The van der Waals surface area contributed by atoms with Crippen LogP contribution in [0.5, 0.6) is 5.75 Å². The first kappa shape index (κ1) is 10.7. The van der Waals surface area contributed by atoms with E-state index in [2.05, 4.69) is 4.98 Å². The molecule has 3 nitrogen and oxygen atoms in total. The second kappa shape index (κ2) is 3.63. The molecule has 0 atom stereocenters. The van der Waals surface area contributed by atoms with Crippen LogP contribution in [0.1, 0.15) is 23.0 Å². The molecule has 0 saturated carbocycles. The number of Topliss-reactive ketones (excluding diaryl/α,β-unsaturated/α-hetero) is 1. The number of aryl methyl sites for hydroxylation is 1. The maximum atomic E-state index is 13.7. The Hall–Kier alpha value is -1.84. The zero-order chi connectivity index (χ0) is 11.9. The molecular weight excluding hydrogens is 209 g/mol. The Bertz CT molecular complexity index is 572. The lowest BCUT2D eigenvalue weighted by Crippen LogP contribution is -1.93. The van der Waals surface area contributed by atoms with Crippen molar-refractivity contribution in [2.24, 2.45) is 0 Å². The van der Waals surface area contributed by atoms with Crippen LogP contribution in [-0.4, -0.2) is 17.9 Å². The highest BCUT2D eigenvalue weighted by molar-refractivity contribution is 6.01. The summed E-state index contributed by atoms with van der Waals surface area (Å²) in [6.45, 7) is 3.24. The summed E-state index contributed by atoms with van der Waals surface area (Å²) in [4.78, 5) is 14.1. The Labute approximate surface area is 92.2 Å². The van der Waals surface area contributed by atoms with Gasteiger partial charge in [0, 0.05) is 18.4 Å². The van der Waals surface area contributed by atoms with Gasteiger partial charge in [-0.3, -0.25) is 4.79 Å². The van der Waals surface area contributed by atoms with Crippen molar-refractivity contribution in [1.29, 1.82) is 0 Å². The van der Waals surface area contributed by atoms with E-state index >= 15 is 0 Å². The molecule has 0 amide bonds. The van der Waals surface area contributed by atoms with Gasteiger partial charge in [0.25, 0.3) is 0 Å². The average molecular weight is 221 g/mol. The van der Waals surface area contributed by atoms with Crippen molar-refractivity contribution in [3.8, 4) is 5.75 Å². The van der Waals surface area contributed by atoms with Crippen molar-refractivity contribution < 1.29 is 13.9 Å². The molecule has 4 heteroatoms. The summed E-state index contributed by atoms with van der Waals surface area (Å²) in [7, 11) is 1.48. The normalized spacial score (nSPS) is 10.8. The Morgan fingerprint density at radius 1 is 1.44 bits per heavy atom. The smallest absolute Gasteiger partial charge is 0.176 e. The Balaban J connectivity index is 2.81. The van der Waals surface area contributed by atoms with Gasteiger partial charge in [0.05, 0.1) is 18.3 Å². The van der Waals surface area contributed by atoms with Crippen molar-refractivity contribution in [2.75, 3.05) is 7.11 Å². The summed E-state index contributed by atoms with van der Waals surface area (Å²) >= 11 is 0. The Morgan fingerprint density at radius 2 is 2.12 bits per heavy atom.